The van der Waals surface area contributed by atoms with Crippen LogP contribution in [0.15, 0.2) is 64.4 Å². The Bertz CT molecular complexity index is 790. The highest BCUT2D eigenvalue weighted by atomic mass is 35.5. The maximum absolute atomic E-state index is 12.8. The standard InChI is InChI=1S/C18H21Cl2NO4S/c19-10-15(22)12-21(13-16(23)11-20)14-5-4-8-18(9-14)26(24,25)17-6-2-1-3-7-17/h1-9,15-16,22-23H,10-13H2. The summed E-state index contributed by atoms with van der Waals surface area (Å²) in [5.74, 6) is 0.0466. The quantitative estimate of drug-likeness (QED) is 0.612. The van der Waals surface area contributed by atoms with E-state index >= 15 is 0 Å². The van der Waals surface area contributed by atoms with Crippen LogP contribution in [0.25, 0.3) is 0 Å². The number of hydrogen-bond acceptors (Lipinski definition) is 5. The first kappa shape index (κ1) is 21.0. The minimum absolute atomic E-state index is 0.0233. The topological polar surface area (TPSA) is 77.8 Å². The molecule has 0 aliphatic carbocycles. The lowest BCUT2D eigenvalue weighted by Gasteiger charge is -2.28. The fourth-order valence-electron chi connectivity index (χ4n) is 2.47. The summed E-state index contributed by atoms with van der Waals surface area (Å²) in [4.78, 5) is 2.00. The third kappa shape index (κ3) is 5.34. The molecule has 0 spiro atoms. The summed E-state index contributed by atoms with van der Waals surface area (Å²) in [6.45, 7) is 0.290. The van der Waals surface area contributed by atoms with E-state index in [1.165, 1.54) is 24.3 Å². The zero-order valence-corrected chi connectivity index (χ0v) is 16.3. The minimum atomic E-state index is -3.67. The van der Waals surface area contributed by atoms with Crippen molar-refractivity contribution in [2.75, 3.05) is 29.7 Å². The number of aliphatic hydroxyl groups excluding tert-OH is 2. The maximum atomic E-state index is 12.8. The number of alkyl halides is 2. The highest BCUT2D eigenvalue weighted by Crippen LogP contribution is 2.25. The molecule has 0 heterocycles. The molecule has 5 nitrogen and oxygen atoms in total. The van der Waals surface area contributed by atoms with E-state index < -0.39 is 22.0 Å². The number of benzene rings is 2. The van der Waals surface area contributed by atoms with Gasteiger partial charge in [-0.15, -0.1) is 23.2 Å². The summed E-state index contributed by atoms with van der Waals surface area (Å²) in [6.07, 6.45) is -1.65. The van der Waals surface area contributed by atoms with E-state index in [-0.39, 0.29) is 34.6 Å². The van der Waals surface area contributed by atoms with Crippen LogP contribution in [0.4, 0.5) is 5.69 Å². The van der Waals surface area contributed by atoms with Crippen LogP contribution >= 0.6 is 23.2 Å². The summed E-state index contributed by atoms with van der Waals surface area (Å²) in [5, 5.41) is 19.8. The van der Waals surface area contributed by atoms with Gasteiger partial charge in [-0.2, -0.15) is 0 Å². The SMILES string of the molecule is O=S(=O)(c1ccccc1)c1cccc(N(CC(O)CCl)CC(O)CCl)c1. The van der Waals surface area contributed by atoms with E-state index in [0.29, 0.717) is 5.69 Å². The molecular formula is C18H21Cl2NO4S. The number of hydrogen-bond donors (Lipinski definition) is 2. The lowest BCUT2D eigenvalue weighted by Crippen LogP contribution is -2.39. The van der Waals surface area contributed by atoms with Gasteiger partial charge in [0.05, 0.1) is 33.8 Å². The van der Waals surface area contributed by atoms with Crippen LogP contribution in [-0.2, 0) is 9.84 Å². The van der Waals surface area contributed by atoms with Crippen molar-refractivity contribution in [3.05, 3.63) is 54.6 Å². The van der Waals surface area contributed by atoms with Gasteiger partial charge in [-0.25, -0.2) is 8.42 Å². The molecule has 0 saturated heterocycles. The van der Waals surface area contributed by atoms with E-state index in [9.17, 15) is 18.6 Å². The number of nitrogens with zero attached hydrogens (tertiary/aromatic N) is 1. The zero-order valence-electron chi connectivity index (χ0n) is 14.0. The van der Waals surface area contributed by atoms with E-state index in [4.69, 9.17) is 23.2 Å². The van der Waals surface area contributed by atoms with Gasteiger partial charge in [-0.05, 0) is 30.3 Å². The van der Waals surface area contributed by atoms with Gasteiger partial charge < -0.3 is 15.1 Å². The van der Waals surface area contributed by atoms with Gasteiger partial charge in [0, 0.05) is 18.8 Å². The predicted octanol–water partition coefficient (Wildman–Crippen LogP) is 2.53. The smallest absolute Gasteiger partial charge is 0.206 e. The van der Waals surface area contributed by atoms with Gasteiger partial charge in [0.25, 0.3) is 0 Å². The first-order chi connectivity index (χ1) is 12.4. The Morgan fingerprint density at radius 1 is 0.846 bits per heavy atom. The average Bonchev–Trinajstić information content (AvgIpc) is 2.67. The van der Waals surface area contributed by atoms with Crippen molar-refractivity contribution in [3.63, 3.8) is 0 Å². The van der Waals surface area contributed by atoms with Crippen LogP contribution in [0.5, 0.6) is 0 Å². The van der Waals surface area contributed by atoms with Crippen molar-refractivity contribution < 1.29 is 18.6 Å². The second-order valence-electron chi connectivity index (χ2n) is 5.84. The number of rotatable bonds is 9. The molecule has 2 atom stereocenters. The normalized spacial score (nSPS) is 14.0. The van der Waals surface area contributed by atoms with Crippen LogP contribution in [0.2, 0.25) is 0 Å². The number of aliphatic hydroxyl groups is 2. The predicted molar refractivity (Wildman–Crippen MR) is 104 cm³/mol. The summed E-state index contributed by atoms with van der Waals surface area (Å²) < 4.78 is 25.6. The number of sulfone groups is 1. The van der Waals surface area contributed by atoms with E-state index in [0.717, 1.165) is 0 Å². The van der Waals surface area contributed by atoms with Crippen molar-refractivity contribution in [2.45, 2.75) is 22.0 Å². The second-order valence-corrected chi connectivity index (χ2v) is 8.40. The first-order valence-corrected chi connectivity index (χ1v) is 10.6. The lowest BCUT2D eigenvalue weighted by atomic mass is 10.2. The van der Waals surface area contributed by atoms with Gasteiger partial charge in [0.1, 0.15) is 0 Å². The fraction of sp³-hybridized carbons (Fsp3) is 0.333. The molecule has 0 bridgehead atoms. The van der Waals surface area contributed by atoms with Crippen molar-refractivity contribution in [3.8, 4) is 0 Å². The molecular weight excluding hydrogens is 397 g/mol. The molecule has 8 heteroatoms. The molecule has 26 heavy (non-hydrogen) atoms. The molecule has 0 amide bonds. The Morgan fingerprint density at radius 2 is 1.38 bits per heavy atom. The van der Waals surface area contributed by atoms with Crippen molar-refractivity contribution in [1.29, 1.82) is 0 Å². The number of anilines is 1. The van der Waals surface area contributed by atoms with Crippen LogP contribution in [-0.4, -0.2) is 55.7 Å². The van der Waals surface area contributed by atoms with Gasteiger partial charge in [-0.3, -0.25) is 0 Å². The summed E-state index contributed by atoms with van der Waals surface area (Å²) in [7, 11) is -3.67. The molecule has 2 unspecified atom stereocenters. The summed E-state index contributed by atoms with van der Waals surface area (Å²) in [6, 6.07) is 14.5. The molecule has 0 aromatic heterocycles. The van der Waals surface area contributed by atoms with Crippen LogP contribution in [0.1, 0.15) is 0 Å². The molecule has 0 saturated carbocycles. The molecule has 2 rings (SSSR count). The van der Waals surface area contributed by atoms with E-state index in [2.05, 4.69) is 0 Å². The minimum Gasteiger partial charge on any atom is -0.390 e. The Hall–Kier alpha value is -1.31. The Morgan fingerprint density at radius 3 is 1.92 bits per heavy atom. The third-order valence-corrected chi connectivity index (χ3v) is 6.24. The number of halogens is 2. The Labute approximate surface area is 163 Å². The van der Waals surface area contributed by atoms with Gasteiger partial charge in [0.15, 0.2) is 0 Å². The third-order valence-electron chi connectivity index (χ3n) is 3.77. The Balaban J connectivity index is 2.38. The molecule has 0 fully saturated rings. The van der Waals surface area contributed by atoms with Gasteiger partial charge in [0.2, 0.25) is 9.84 Å². The molecule has 0 aliphatic rings. The molecule has 142 valence electrons. The summed E-state index contributed by atoms with van der Waals surface area (Å²) >= 11 is 11.4. The van der Waals surface area contributed by atoms with Crippen LogP contribution in [0, 0.1) is 0 Å². The molecule has 2 aromatic rings. The van der Waals surface area contributed by atoms with Crippen LogP contribution in [0.3, 0.4) is 0 Å². The van der Waals surface area contributed by atoms with Gasteiger partial charge >= 0.3 is 0 Å². The molecule has 0 aliphatic heterocycles. The highest BCUT2D eigenvalue weighted by molar-refractivity contribution is 7.91. The average molecular weight is 418 g/mol. The molecule has 2 aromatic carbocycles. The maximum Gasteiger partial charge on any atom is 0.206 e. The lowest BCUT2D eigenvalue weighted by molar-refractivity contribution is 0.181. The second kappa shape index (κ2) is 9.58. The van der Waals surface area contributed by atoms with Crippen molar-refractivity contribution >= 4 is 38.7 Å². The largest absolute Gasteiger partial charge is 0.390 e. The van der Waals surface area contributed by atoms with E-state index in [1.54, 1.807) is 35.2 Å². The fourth-order valence-corrected chi connectivity index (χ4v) is 3.99. The zero-order chi connectivity index (χ0) is 19.2. The first-order valence-electron chi connectivity index (χ1n) is 8.01. The molecule has 2 N–H and O–H groups in total. The molecule has 0 radical (unpaired) electrons. The van der Waals surface area contributed by atoms with Crippen molar-refractivity contribution in [1.82, 2.24) is 0 Å². The van der Waals surface area contributed by atoms with Crippen molar-refractivity contribution in [2.24, 2.45) is 0 Å². The van der Waals surface area contributed by atoms with Crippen LogP contribution < -0.4 is 4.90 Å². The Kier molecular flexibility index (Phi) is 7.73. The van der Waals surface area contributed by atoms with E-state index in [1.807, 2.05) is 0 Å². The highest BCUT2D eigenvalue weighted by Gasteiger charge is 2.20. The van der Waals surface area contributed by atoms with Gasteiger partial charge in [-0.1, -0.05) is 24.3 Å². The monoisotopic (exact) mass is 417 g/mol. The summed E-state index contributed by atoms with van der Waals surface area (Å²) in [5.41, 5.74) is 0.551.